The summed E-state index contributed by atoms with van der Waals surface area (Å²) in [5, 5.41) is 4.61. The minimum Gasteiger partial charge on any atom is -0.350 e. The lowest BCUT2D eigenvalue weighted by molar-refractivity contribution is -0.186. The molecule has 6 heteroatoms. The molecule has 1 atom stereocenters. The summed E-state index contributed by atoms with van der Waals surface area (Å²) in [6.07, 6.45) is 5.41. The normalized spacial score (nSPS) is 19.6. The van der Waals surface area contributed by atoms with Crippen LogP contribution >= 0.6 is 0 Å². The number of nitrogens with one attached hydrogen (secondary N) is 1. The SMILES string of the molecule is Cc1ccccc1-n1nc(C(=O)NO[C@@H]2CCCCO2)c2c1CCC2. The van der Waals surface area contributed by atoms with E-state index in [1.165, 1.54) is 0 Å². The van der Waals surface area contributed by atoms with Crippen LogP contribution in [0.4, 0.5) is 0 Å². The molecular weight excluding hydrogens is 318 g/mol. The first-order chi connectivity index (χ1) is 12.2. The van der Waals surface area contributed by atoms with Crippen LogP contribution in [0.1, 0.15) is 53.0 Å². The highest BCUT2D eigenvalue weighted by atomic mass is 16.8. The Bertz CT molecular complexity index is 778. The van der Waals surface area contributed by atoms with Crippen molar-refractivity contribution in [3.8, 4) is 5.69 Å². The highest BCUT2D eigenvalue weighted by Crippen LogP contribution is 2.28. The summed E-state index contributed by atoms with van der Waals surface area (Å²) in [5.74, 6) is -0.292. The van der Waals surface area contributed by atoms with Crippen molar-refractivity contribution in [2.75, 3.05) is 6.61 Å². The fourth-order valence-electron chi connectivity index (χ4n) is 3.59. The zero-order valence-corrected chi connectivity index (χ0v) is 14.5. The zero-order valence-electron chi connectivity index (χ0n) is 14.5. The largest absolute Gasteiger partial charge is 0.350 e. The number of carbonyl (C=O) groups excluding carboxylic acids is 1. The van der Waals surface area contributed by atoms with Crippen molar-refractivity contribution in [3.63, 3.8) is 0 Å². The van der Waals surface area contributed by atoms with Crippen molar-refractivity contribution in [3.05, 3.63) is 46.8 Å². The quantitative estimate of drug-likeness (QED) is 0.869. The van der Waals surface area contributed by atoms with Gasteiger partial charge in [-0.3, -0.25) is 4.79 Å². The Morgan fingerprint density at radius 2 is 2.16 bits per heavy atom. The molecule has 0 saturated carbocycles. The number of amides is 1. The van der Waals surface area contributed by atoms with Gasteiger partial charge in [-0.05, 0) is 50.7 Å². The van der Waals surface area contributed by atoms with Gasteiger partial charge in [0.2, 0.25) is 0 Å². The molecule has 1 saturated heterocycles. The maximum Gasteiger partial charge on any atom is 0.295 e. The van der Waals surface area contributed by atoms with Crippen LogP contribution in [0.5, 0.6) is 0 Å². The lowest BCUT2D eigenvalue weighted by Crippen LogP contribution is -2.33. The fraction of sp³-hybridized carbons (Fsp3) is 0.474. The van der Waals surface area contributed by atoms with Gasteiger partial charge in [0.05, 0.1) is 5.69 Å². The molecule has 0 bridgehead atoms. The van der Waals surface area contributed by atoms with Crippen LogP contribution in [0.2, 0.25) is 0 Å². The van der Waals surface area contributed by atoms with Gasteiger partial charge < -0.3 is 4.74 Å². The number of fused-ring (bicyclic) bond motifs is 1. The molecule has 2 aromatic rings. The van der Waals surface area contributed by atoms with Gasteiger partial charge in [-0.15, -0.1) is 0 Å². The molecule has 1 aliphatic carbocycles. The summed E-state index contributed by atoms with van der Waals surface area (Å²) < 4.78 is 7.40. The van der Waals surface area contributed by atoms with Gasteiger partial charge in [0.1, 0.15) is 0 Å². The number of para-hydroxylation sites is 1. The van der Waals surface area contributed by atoms with Crippen LogP contribution in [-0.4, -0.2) is 28.6 Å². The van der Waals surface area contributed by atoms with Crippen LogP contribution in [0.15, 0.2) is 24.3 Å². The van der Waals surface area contributed by atoms with E-state index in [9.17, 15) is 4.79 Å². The van der Waals surface area contributed by atoms with Gasteiger partial charge in [-0.2, -0.15) is 5.10 Å². The van der Waals surface area contributed by atoms with Crippen molar-refractivity contribution in [2.24, 2.45) is 0 Å². The summed E-state index contributed by atoms with van der Waals surface area (Å²) >= 11 is 0. The predicted molar refractivity (Wildman–Crippen MR) is 92.5 cm³/mol. The minimum atomic E-state index is -0.357. The summed E-state index contributed by atoms with van der Waals surface area (Å²) in [6, 6.07) is 8.10. The molecule has 1 N–H and O–H groups in total. The standard InChI is InChI=1S/C19H23N3O3/c1-13-7-2-3-9-15(13)22-16-10-6-8-14(16)18(20-22)19(23)21-25-17-11-4-5-12-24-17/h2-3,7,9,17H,4-6,8,10-12H2,1H3,(H,21,23)/t17-/m1/s1. The summed E-state index contributed by atoms with van der Waals surface area (Å²) in [5.41, 5.74) is 7.33. The van der Waals surface area contributed by atoms with E-state index in [1.54, 1.807) is 0 Å². The summed E-state index contributed by atoms with van der Waals surface area (Å²) in [4.78, 5) is 18.0. The third kappa shape index (κ3) is 3.19. The molecule has 1 aromatic heterocycles. The Kier molecular flexibility index (Phi) is 4.55. The second kappa shape index (κ2) is 6.98. The van der Waals surface area contributed by atoms with E-state index in [0.29, 0.717) is 12.3 Å². The molecule has 2 aliphatic rings. The lowest BCUT2D eigenvalue weighted by atomic mass is 10.2. The second-order valence-electron chi connectivity index (χ2n) is 6.67. The molecule has 1 aromatic carbocycles. The van der Waals surface area contributed by atoms with Crippen LogP contribution in [0.3, 0.4) is 0 Å². The fourth-order valence-corrected chi connectivity index (χ4v) is 3.59. The molecular formula is C19H23N3O3. The van der Waals surface area contributed by atoms with E-state index in [0.717, 1.165) is 61.0 Å². The van der Waals surface area contributed by atoms with Crippen molar-refractivity contribution < 1.29 is 14.4 Å². The Hall–Kier alpha value is -2.18. The van der Waals surface area contributed by atoms with E-state index < -0.39 is 0 Å². The second-order valence-corrected chi connectivity index (χ2v) is 6.67. The molecule has 25 heavy (non-hydrogen) atoms. The number of benzene rings is 1. The number of carbonyl (C=O) groups is 1. The number of nitrogens with zero attached hydrogens (tertiary/aromatic N) is 2. The molecule has 0 spiro atoms. The molecule has 2 heterocycles. The van der Waals surface area contributed by atoms with Gasteiger partial charge in [0, 0.05) is 24.3 Å². The smallest absolute Gasteiger partial charge is 0.295 e. The first-order valence-corrected chi connectivity index (χ1v) is 8.98. The van der Waals surface area contributed by atoms with Gasteiger partial charge in [-0.1, -0.05) is 18.2 Å². The van der Waals surface area contributed by atoms with Crippen LogP contribution < -0.4 is 5.48 Å². The number of aryl methyl sites for hydroxylation is 1. The maximum atomic E-state index is 12.6. The zero-order chi connectivity index (χ0) is 17.2. The van der Waals surface area contributed by atoms with Crippen molar-refractivity contribution >= 4 is 5.91 Å². The molecule has 4 rings (SSSR count). The van der Waals surface area contributed by atoms with Gasteiger partial charge in [0.25, 0.3) is 5.91 Å². The van der Waals surface area contributed by atoms with Crippen LogP contribution in [0, 0.1) is 6.92 Å². The summed E-state index contributed by atoms with van der Waals surface area (Å²) in [7, 11) is 0. The van der Waals surface area contributed by atoms with E-state index in [-0.39, 0.29) is 12.2 Å². The number of rotatable bonds is 4. The number of hydroxylamine groups is 1. The third-order valence-corrected chi connectivity index (χ3v) is 4.91. The third-order valence-electron chi connectivity index (χ3n) is 4.91. The highest BCUT2D eigenvalue weighted by molar-refractivity contribution is 5.93. The Balaban J connectivity index is 1.57. The van der Waals surface area contributed by atoms with E-state index in [1.807, 2.05) is 22.9 Å². The predicted octanol–water partition coefficient (Wildman–Crippen LogP) is 2.86. The molecule has 132 valence electrons. The molecule has 0 radical (unpaired) electrons. The molecule has 1 fully saturated rings. The highest BCUT2D eigenvalue weighted by Gasteiger charge is 2.28. The molecule has 6 nitrogen and oxygen atoms in total. The average Bonchev–Trinajstić information content (AvgIpc) is 3.24. The van der Waals surface area contributed by atoms with Crippen LogP contribution in [0.25, 0.3) is 5.69 Å². The number of hydrogen-bond acceptors (Lipinski definition) is 4. The van der Waals surface area contributed by atoms with Gasteiger partial charge in [0.15, 0.2) is 12.0 Å². The lowest BCUT2D eigenvalue weighted by Gasteiger charge is -2.21. The Morgan fingerprint density at radius 3 is 2.96 bits per heavy atom. The number of aromatic nitrogens is 2. The van der Waals surface area contributed by atoms with E-state index >= 15 is 0 Å². The molecule has 1 amide bonds. The van der Waals surface area contributed by atoms with E-state index in [4.69, 9.17) is 9.57 Å². The van der Waals surface area contributed by atoms with Crippen molar-refractivity contribution in [2.45, 2.75) is 51.7 Å². The topological polar surface area (TPSA) is 65.4 Å². The Labute approximate surface area is 147 Å². The Morgan fingerprint density at radius 1 is 1.28 bits per heavy atom. The van der Waals surface area contributed by atoms with Gasteiger partial charge in [-0.25, -0.2) is 15.0 Å². The van der Waals surface area contributed by atoms with Gasteiger partial charge >= 0.3 is 0 Å². The van der Waals surface area contributed by atoms with Crippen LogP contribution in [-0.2, 0) is 22.4 Å². The summed E-state index contributed by atoms with van der Waals surface area (Å²) in [6.45, 7) is 2.74. The maximum absolute atomic E-state index is 12.6. The first-order valence-electron chi connectivity index (χ1n) is 8.98. The number of hydrogen-bond donors (Lipinski definition) is 1. The average molecular weight is 341 g/mol. The molecule has 0 unspecified atom stereocenters. The van der Waals surface area contributed by atoms with Crippen molar-refractivity contribution in [1.82, 2.24) is 15.3 Å². The molecule has 1 aliphatic heterocycles. The number of ether oxygens (including phenoxy) is 1. The minimum absolute atomic E-state index is 0.292. The monoisotopic (exact) mass is 341 g/mol. The van der Waals surface area contributed by atoms with E-state index in [2.05, 4.69) is 23.6 Å². The van der Waals surface area contributed by atoms with Crippen molar-refractivity contribution in [1.29, 1.82) is 0 Å². The first kappa shape index (κ1) is 16.3.